The van der Waals surface area contributed by atoms with Gasteiger partial charge in [0.25, 0.3) is 0 Å². The first-order valence-corrected chi connectivity index (χ1v) is 6.57. The molecule has 1 aromatic carbocycles. The molecule has 2 nitrogen and oxygen atoms in total. The van der Waals surface area contributed by atoms with Crippen molar-refractivity contribution in [2.45, 2.75) is 38.6 Å². The van der Waals surface area contributed by atoms with Crippen molar-refractivity contribution in [1.29, 1.82) is 0 Å². The van der Waals surface area contributed by atoms with Crippen molar-refractivity contribution in [1.82, 2.24) is 4.90 Å². The Morgan fingerprint density at radius 2 is 1.94 bits per heavy atom. The normalized spacial score (nSPS) is 17.2. The van der Waals surface area contributed by atoms with Gasteiger partial charge in [0, 0.05) is 32.7 Å². The smallest absolute Gasteiger partial charge is 0.156 e. The van der Waals surface area contributed by atoms with Crippen LogP contribution in [-0.2, 0) is 32.7 Å². The van der Waals surface area contributed by atoms with E-state index in [1.807, 2.05) is 24.3 Å². The number of carbonyl (C=O) groups excluding carboxylic acids is 1. The Bertz CT molecular complexity index is 360. The van der Waals surface area contributed by atoms with Crippen LogP contribution in [0.4, 0.5) is 0 Å². The molecule has 1 atom stereocenters. The molecule has 18 heavy (non-hydrogen) atoms. The van der Waals surface area contributed by atoms with E-state index in [0.717, 1.165) is 31.5 Å². The second-order valence-electron chi connectivity index (χ2n) is 4.70. The van der Waals surface area contributed by atoms with E-state index >= 15 is 0 Å². The standard InChI is InChI=1S/C15H20NO.Y/c1-2-8-14(16-11-6-7-12-16)15(17)13-9-4-3-5-10-13;/h4-5,9-10,14H,2,6-8,11-12H2,1H3;/q-1;. The summed E-state index contributed by atoms with van der Waals surface area (Å²) < 4.78 is 0. The quantitative estimate of drug-likeness (QED) is 0.614. The van der Waals surface area contributed by atoms with Crippen LogP contribution < -0.4 is 0 Å². The van der Waals surface area contributed by atoms with E-state index in [-0.39, 0.29) is 44.5 Å². The molecular weight excluding hydrogens is 299 g/mol. The summed E-state index contributed by atoms with van der Waals surface area (Å²) in [5.74, 6) is 0.280. The molecule has 1 aliphatic rings. The van der Waals surface area contributed by atoms with Crippen LogP contribution in [0.3, 0.4) is 0 Å². The summed E-state index contributed by atoms with van der Waals surface area (Å²) in [6.07, 6.45) is 4.50. The van der Waals surface area contributed by atoms with Crippen LogP contribution in [0.25, 0.3) is 0 Å². The average molecular weight is 319 g/mol. The molecule has 0 saturated carbocycles. The summed E-state index contributed by atoms with van der Waals surface area (Å²) in [7, 11) is 0. The van der Waals surface area contributed by atoms with Gasteiger partial charge in [-0.3, -0.25) is 9.69 Å². The molecule has 1 radical (unpaired) electrons. The molecule has 1 aliphatic heterocycles. The van der Waals surface area contributed by atoms with E-state index in [1.165, 1.54) is 12.8 Å². The first-order valence-electron chi connectivity index (χ1n) is 6.57. The molecule has 0 amide bonds. The van der Waals surface area contributed by atoms with Gasteiger partial charge in [0.15, 0.2) is 5.78 Å². The van der Waals surface area contributed by atoms with E-state index in [9.17, 15) is 4.79 Å². The maximum Gasteiger partial charge on any atom is 0.156 e. The number of ketones is 1. The third-order valence-electron chi connectivity index (χ3n) is 3.45. The third kappa shape index (κ3) is 3.98. The SMILES string of the molecule is CCCC(C(=O)c1cc[c-]cc1)N1CCCC1.[Y]. The summed E-state index contributed by atoms with van der Waals surface area (Å²) in [5.41, 5.74) is 0.828. The van der Waals surface area contributed by atoms with Crippen molar-refractivity contribution in [3.63, 3.8) is 0 Å². The first-order chi connectivity index (χ1) is 8.33. The van der Waals surface area contributed by atoms with Crippen LogP contribution in [0.5, 0.6) is 0 Å². The molecular formula is C15H20NOY-. The van der Waals surface area contributed by atoms with Crippen molar-refractivity contribution in [3.05, 3.63) is 35.9 Å². The van der Waals surface area contributed by atoms with Gasteiger partial charge in [-0.15, -0.1) is 0 Å². The molecule has 1 heterocycles. The molecule has 0 aliphatic carbocycles. The Hall–Kier alpha value is -0.0461. The van der Waals surface area contributed by atoms with Crippen LogP contribution in [-0.4, -0.2) is 29.8 Å². The minimum Gasteiger partial charge on any atom is -0.295 e. The molecule has 1 unspecified atom stereocenters. The third-order valence-corrected chi connectivity index (χ3v) is 3.45. The molecule has 3 heteroatoms. The van der Waals surface area contributed by atoms with Crippen LogP contribution in [0, 0.1) is 6.07 Å². The van der Waals surface area contributed by atoms with E-state index < -0.39 is 0 Å². The summed E-state index contributed by atoms with van der Waals surface area (Å²) in [4.78, 5) is 14.8. The Morgan fingerprint density at radius 1 is 1.33 bits per heavy atom. The maximum absolute atomic E-state index is 12.5. The van der Waals surface area contributed by atoms with Crippen LogP contribution >= 0.6 is 0 Å². The monoisotopic (exact) mass is 319 g/mol. The van der Waals surface area contributed by atoms with Crippen LogP contribution in [0.1, 0.15) is 43.0 Å². The van der Waals surface area contributed by atoms with Gasteiger partial charge >= 0.3 is 0 Å². The summed E-state index contributed by atoms with van der Waals surface area (Å²) >= 11 is 0. The van der Waals surface area contributed by atoms with E-state index in [2.05, 4.69) is 17.9 Å². The Balaban J connectivity index is 0.00000162. The molecule has 1 aromatic rings. The second-order valence-corrected chi connectivity index (χ2v) is 4.70. The number of rotatable bonds is 5. The molecule has 0 aromatic heterocycles. The number of hydrogen-bond acceptors (Lipinski definition) is 2. The minimum atomic E-state index is 0. The number of carbonyl (C=O) groups is 1. The van der Waals surface area contributed by atoms with Gasteiger partial charge in [-0.25, -0.2) is 0 Å². The van der Waals surface area contributed by atoms with E-state index in [4.69, 9.17) is 0 Å². The number of Topliss-reactive ketones (excluding diaryl/α,β-unsaturated/α-hetero) is 1. The second kappa shape index (κ2) is 8.19. The van der Waals surface area contributed by atoms with Gasteiger partial charge in [0.2, 0.25) is 0 Å². The zero-order valence-electron chi connectivity index (χ0n) is 11.1. The predicted octanol–water partition coefficient (Wildman–Crippen LogP) is 2.93. The zero-order chi connectivity index (χ0) is 12.1. The Labute approximate surface area is 135 Å². The fourth-order valence-corrected chi connectivity index (χ4v) is 2.55. The average Bonchev–Trinajstić information content (AvgIpc) is 2.90. The molecule has 0 bridgehead atoms. The van der Waals surface area contributed by atoms with Gasteiger partial charge in [0.1, 0.15) is 0 Å². The number of benzene rings is 1. The van der Waals surface area contributed by atoms with Gasteiger partial charge in [-0.2, -0.15) is 30.3 Å². The largest absolute Gasteiger partial charge is 0.295 e. The van der Waals surface area contributed by atoms with Crippen molar-refractivity contribution in [2.24, 2.45) is 0 Å². The van der Waals surface area contributed by atoms with Crippen molar-refractivity contribution >= 4 is 5.78 Å². The van der Waals surface area contributed by atoms with Crippen molar-refractivity contribution < 1.29 is 37.5 Å². The Morgan fingerprint density at radius 3 is 2.50 bits per heavy atom. The summed E-state index contributed by atoms with van der Waals surface area (Å²) in [6.45, 7) is 4.31. The molecule has 2 rings (SSSR count). The molecule has 95 valence electrons. The number of nitrogens with zero attached hydrogens (tertiary/aromatic N) is 1. The van der Waals surface area contributed by atoms with Crippen molar-refractivity contribution in [2.75, 3.05) is 13.1 Å². The first kappa shape index (κ1) is 16.0. The Kier molecular flexibility index (Phi) is 7.28. The summed E-state index contributed by atoms with van der Waals surface area (Å²) in [6, 6.07) is 10.4. The van der Waals surface area contributed by atoms with Crippen LogP contribution in [0.15, 0.2) is 24.3 Å². The van der Waals surface area contributed by atoms with Crippen LogP contribution in [0.2, 0.25) is 0 Å². The van der Waals surface area contributed by atoms with Gasteiger partial charge in [0.05, 0.1) is 6.04 Å². The number of hydrogen-bond donors (Lipinski definition) is 0. The van der Waals surface area contributed by atoms with Gasteiger partial charge in [-0.1, -0.05) is 18.9 Å². The fourth-order valence-electron chi connectivity index (χ4n) is 2.55. The molecule has 0 N–H and O–H groups in total. The predicted molar refractivity (Wildman–Crippen MR) is 69.1 cm³/mol. The zero-order valence-corrected chi connectivity index (χ0v) is 13.9. The van der Waals surface area contributed by atoms with E-state index in [0.29, 0.717) is 0 Å². The fraction of sp³-hybridized carbons (Fsp3) is 0.533. The van der Waals surface area contributed by atoms with Crippen molar-refractivity contribution in [3.8, 4) is 0 Å². The molecule has 0 spiro atoms. The molecule has 1 saturated heterocycles. The topological polar surface area (TPSA) is 20.3 Å². The maximum atomic E-state index is 12.5. The van der Waals surface area contributed by atoms with E-state index in [1.54, 1.807) is 0 Å². The van der Waals surface area contributed by atoms with Gasteiger partial charge in [-0.05, 0) is 32.4 Å². The number of likely N-dealkylation sites (tertiary alicyclic amines) is 1. The minimum absolute atomic E-state index is 0. The van der Waals surface area contributed by atoms with Gasteiger partial charge < -0.3 is 0 Å². The summed E-state index contributed by atoms with van der Waals surface area (Å²) in [5, 5.41) is 0. The molecule has 1 fully saturated rings.